The Morgan fingerprint density at radius 3 is 2.46 bits per heavy atom. The van der Waals surface area contributed by atoms with E-state index in [0.29, 0.717) is 12.3 Å². The first-order valence-corrected chi connectivity index (χ1v) is 7.72. The largest absolute Gasteiger partial charge is 0.484 e. The summed E-state index contributed by atoms with van der Waals surface area (Å²) in [5, 5.41) is 2.63. The molecule has 0 aliphatic carbocycles. The van der Waals surface area contributed by atoms with Crippen molar-refractivity contribution < 1.29 is 23.9 Å². The summed E-state index contributed by atoms with van der Waals surface area (Å²) in [4.78, 5) is 36.4. The van der Waals surface area contributed by atoms with Crippen LogP contribution in [-0.2, 0) is 19.1 Å². The average Bonchev–Trinajstić information content (AvgIpc) is 2.58. The molecule has 0 aliphatic heterocycles. The van der Waals surface area contributed by atoms with Crippen LogP contribution in [0.1, 0.15) is 13.8 Å². The number of hydrogen-bond donors (Lipinski definition) is 1. The molecule has 1 unspecified atom stereocenters. The Balaban J connectivity index is 2.61. The Morgan fingerprint density at radius 1 is 1.21 bits per heavy atom. The number of carbonyl (C=O) groups is 3. The van der Waals surface area contributed by atoms with Gasteiger partial charge in [0.1, 0.15) is 5.75 Å². The highest BCUT2D eigenvalue weighted by Gasteiger charge is 2.21. The van der Waals surface area contributed by atoms with Crippen molar-refractivity contribution in [1.82, 2.24) is 10.2 Å². The second-order valence-electron chi connectivity index (χ2n) is 5.35. The molecule has 0 radical (unpaired) electrons. The predicted molar refractivity (Wildman–Crippen MR) is 88.4 cm³/mol. The van der Waals surface area contributed by atoms with E-state index >= 15 is 0 Å². The Hall–Kier alpha value is -2.57. The molecule has 1 aromatic carbocycles. The smallest absolute Gasteiger partial charge is 0.310 e. The molecule has 0 spiro atoms. The van der Waals surface area contributed by atoms with Crippen molar-refractivity contribution in [3.8, 4) is 5.75 Å². The van der Waals surface area contributed by atoms with E-state index in [9.17, 15) is 14.4 Å². The minimum Gasteiger partial charge on any atom is -0.484 e. The van der Waals surface area contributed by atoms with E-state index in [0.717, 1.165) is 0 Å². The van der Waals surface area contributed by atoms with E-state index in [4.69, 9.17) is 4.74 Å². The first-order valence-electron chi connectivity index (χ1n) is 7.72. The standard InChI is InChI=1S/C17H24N2O5/c1-13(17(22)23-3)11-19(10-9-18-14(2)20)16(21)12-24-15-7-5-4-6-8-15/h4-8,13H,9-12H2,1-3H3,(H,18,20). The number of para-hydroxylation sites is 1. The van der Waals surface area contributed by atoms with Crippen molar-refractivity contribution in [2.45, 2.75) is 13.8 Å². The van der Waals surface area contributed by atoms with Crippen LogP contribution in [-0.4, -0.2) is 56.0 Å². The maximum absolute atomic E-state index is 12.4. The summed E-state index contributed by atoms with van der Waals surface area (Å²) in [6, 6.07) is 8.99. The van der Waals surface area contributed by atoms with Crippen LogP contribution in [0.2, 0.25) is 0 Å². The third kappa shape index (κ3) is 7.13. The fraction of sp³-hybridized carbons (Fsp3) is 0.471. The maximum Gasteiger partial charge on any atom is 0.310 e. The molecule has 1 atom stereocenters. The molecule has 132 valence electrons. The Labute approximate surface area is 141 Å². The van der Waals surface area contributed by atoms with Gasteiger partial charge in [-0.25, -0.2) is 0 Å². The predicted octanol–water partition coefficient (Wildman–Crippen LogP) is 0.839. The number of ether oxygens (including phenoxy) is 2. The van der Waals surface area contributed by atoms with Gasteiger partial charge in [-0.1, -0.05) is 25.1 Å². The van der Waals surface area contributed by atoms with Gasteiger partial charge in [-0.15, -0.1) is 0 Å². The lowest BCUT2D eigenvalue weighted by Crippen LogP contribution is -2.43. The quantitative estimate of drug-likeness (QED) is 0.676. The van der Waals surface area contributed by atoms with Gasteiger partial charge in [-0.05, 0) is 12.1 Å². The topological polar surface area (TPSA) is 84.9 Å². The van der Waals surface area contributed by atoms with Crippen molar-refractivity contribution in [2.24, 2.45) is 5.92 Å². The van der Waals surface area contributed by atoms with Crippen molar-refractivity contribution in [3.05, 3.63) is 30.3 Å². The van der Waals surface area contributed by atoms with Gasteiger partial charge in [-0.2, -0.15) is 0 Å². The molecule has 0 fully saturated rings. The fourth-order valence-electron chi connectivity index (χ4n) is 2.04. The van der Waals surface area contributed by atoms with Crippen LogP contribution in [0.15, 0.2) is 30.3 Å². The van der Waals surface area contributed by atoms with E-state index in [-0.39, 0.29) is 31.5 Å². The lowest BCUT2D eigenvalue weighted by Gasteiger charge is -2.25. The zero-order valence-electron chi connectivity index (χ0n) is 14.3. The Bertz CT molecular complexity index is 547. The summed E-state index contributed by atoms with van der Waals surface area (Å²) in [5.74, 6) is -0.707. The van der Waals surface area contributed by atoms with Gasteiger partial charge < -0.3 is 19.7 Å². The molecular weight excluding hydrogens is 312 g/mol. The molecule has 2 amide bonds. The van der Waals surface area contributed by atoms with Crippen molar-refractivity contribution in [1.29, 1.82) is 0 Å². The van der Waals surface area contributed by atoms with Gasteiger partial charge in [0.2, 0.25) is 5.91 Å². The highest BCUT2D eigenvalue weighted by atomic mass is 16.5. The molecule has 7 nitrogen and oxygen atoms in total. The second-order valence-corrected chi connectivity index (χ2v) is 5.35. The van der Waals surface area contributed by atoms with E-state index in [1.54, 1.807) is 19.1 Å². The monoisotopic (exact) mass is 336 g/mol. The number of carbonyl (C=O) groups excluding carboxylic acids is 3. The van der Waals surface area contributed by atoms with Crippen LogP contribution in [0.3, 0.4) is 0 Å². The molecule has 7 heteroatoms. The van der Waals surface area contributed by atoms with Gasteiger partial charge >= 0.3 is 5.97 Å². The molecule has 0 aromatic heterocycles. The number of nitrogens with zero attached hydrogens (tertiary/aromatic N) is 1. The molecule has 1 N–H and O–H groups in total. The number of benzene rings is 1. The molecule has 0 saturated carbocycles. The summed E-state index contributed by atoms with van der Waals surface area (Å²) in [6.45, 7) is 3.74. The van der Waals surface area contributed by atoms with Crippen LogP contribution in [0, 0.1) is 5.92 Å². The van der Waals surface area contributed by atoms with Crippen molar-refractivity contribution in [2.75, 3.05) is 33.4 Å². The van der Waals surface area contributed by atoms with Crippen molar-refractivity contribution >= 4 is 17.8 Å². The minimum atomic E-state index is -0.465. The molecule has 1 rings (SSSR count). The van der Waals surface area contributed by atoms with Gasteiger partial charge in [0, 0.05) is 26.6 Å². The molecular formula is C17H24N2O5. The number of rotatable bonds is 9. The highest BCUT2D eigenvalue weighted by molar-refractivity contribution is 5.79. The molecule has 0 saturated heterocycles. The van der Waals surface area contributed by atoms with Crippen LogP contribution >= 0.6 is 0 Å². The summed E-state index contributed by atoms with van der Waals surface area (Å²) in [5.41, 5.74) is 0. The SMILES string of the molecule is COC(=O)C(C)CN(CCNC(C)=O)C(=O)COc1ccccc1. The number of amides is 2. The summed E-state index contributed by atoms with van der Waals surface area (Å²) < 4.78 is 10.1. The second kappa shape index (κ2) is 10.3. The van der Waals surface area contributed by atoms with Crippen LogP contribution in [0.4, 0.5) is 0 Å². The summed E-state index contributed by atoms with van der Waals surface area (Å²) >= 11 is 0. The van der Waals surface area contributed by atoms with Gasteiger partial charge in [0.25, 0.3) is 5.91 Å². The average molecular weight is 336 g/mol. The lowest BCUT2D eigenvalue weighted by atomic mass is 10.1. The molecule has 0 aliphatic rings. The number of esters is 1. The van der Waals surface area contributed by atoms with Crippen LogP contribution in [0.25, 0.3) is 0 Å². The minimum absolute atomic E-state index is 0.141. The van der Waals surface area contributed by atoms with Crippen LogP contribution < -0.4 is 10.1 Å². The normalized spacial score (nSPS) is 11.3. The number of hydrogen-bond acceptors (Lipinski definition) is 5. The van der Waals surface area contributed by atoms with Crippen LogP contribution in [0.5, 0.6) is 5.75 Å². The van der Waals surface area contributed by atoms with E-state index in [1.165, 1.54) is 18.9 Å². The van der Waals surface area contributed by atoms with E-state index in [1.807, 2.05) is 18.2 Å². The summed E-state index contributed by atoms with van der Waals surface area (Å²) in [7, 11) is 1.31. The van der Waals surface area contributed by atoms with Gasteiger partial charge in [0.05, 0.1) is 13.0 Å². The number of nitrogens with one attached hydrogen (secondary N) is 1. The van der Waals surface area contributed by atoms with Crippen molar-refractivity contribution in [3.63, 3.8) is 0 Å². The third-order valence-electron chi connectivity index (χ3n) is 3.31. The highest BCUT2D eigenvalue weighted by Crippen LogP contribution is 2.09. The Kier molecular flexibility index (Phi) is 8.32. The molecule has 24 heavy (non-hydrogen) atoms. The first kappa shape index (κ1) is 19.5. The third-order valence-corrected chi connectivity index (χ3v) is 3.31. The molecule has 0 heterocycles. The molecule has 1 aromatic rings. The number of methoxy groups -OCH3 is 1. The fourth-order valence-corrected chi connectivity index (χ4v) is 2.04. The Morgan fingerprint density at radius 2 is 1.88 bits per heavy atom. The van der Waals surface area contributed by atoms with Gasteiger partial charge in [0.15, 0.2) is 6.61 Å². The van der Waals surface area contributed by atoms with E-state index < -0.39 is 11.9 Å². The first-order chi connectivity index (χ1) is 11.4. The summed E-state index contributed by atoms with van der Waals surface area (Å²) in [6.07, 6.45) is 0. The molecule has 0 bridgehead atoms. The lowest BCUT2D eigenvalue weighted by molar-refractivity contribution is -0.146. The van der Waals surface area contributed by atoms with Gasteiger partial charge in [-0.3, -0.25) is 14.4 Å². The zero-order chi connectivity index (χ0) is 17.9. The van der Waals surface area contributed by atoms with E-state index in [2.05, 4.69) is 10.1 Å². The maximum atomic E-state index is 12.4. The zero-order valence-corrected chi connectivity index (χ0v) is 14.3.